The molecule has 0 aliphatic carbocycles. The number of aromatic nitrogens is 2. The number of nitrogens with one attached hydrogen (secondary N) is 1. The number of ether oxygens (including phenoxy) is 1. The van der Waals surface area contributed by atoms with Crippen LogP contribution in [-0.2, 0) is 4.74 Å². The zero-order valence-corrected chi connectivity index (χ0v) is 9.94. The van der Waals surface area contributed by atoms with Crippen molar-refractivity contribution < 1.29 is 4.74 Å². The maximum atomic E-state index is 5.53. The van der Waals surface area contributed by atoms with Crippen molar-refractivity contribution in [2.45, 2.75) is 32.8 Å². The lowest BCUT2D eigenvalue weighted by atomic mass is 10.3. The molecule has 0 radical (unpaired) electrons. The molecule has 5 heteroatoms. The van der Waals surface area contributed by atoms with Gasteiger partial charge in [-0.05, 0) is 32.8 Å². The quantitative estimate of drug-likeness (QED) is 0.689. The van der Waals surface area contributed by atoms with Crippen molar-refractivity contribution in [3.8, 4) is 0 Å². The number of hydrogen-bond donors (Lipinski definition) is 2. The van der Waals surface area contributed by atoms with Gasteiger partial charge < -0.3 is 15.8 Å². The average molecular weight is 224 g/mol. The molecular weight excluding hydrogens is 204 g/mol. The van der Waals surface area contributed by atoms with E-state index in [0.717, 1.165) is 26.0 Å². The van der Waals surface area contributed by atoms with Crippen molar-refractivity contribution in [2.75, 3.05) is 24.2 Å². The Balaban J connectivity index is 2.07. The summed E-state index contributed by atoms with van der Waals surface area (Å²) < 4.78 is 5.43. The van der Waals surface area contributed by atoms with Crippen LogP contribution < -0.4 is 11.1 Å². The van der Waals surface area contributed by atoms with Gasteiger partial charge in [0.2, 0.25) is 5.95 Å². The Morgan fingerprint density at radius 3 is 2.94 bits per heavy atom. The molecule has 0 aliphatic heterocycles. The average Bonchev–Trinajstić information content (AvgIpc) is 2.23. The van der Waals surface area contributed by atoms with Crippen LogP contribution in [0.2, 0.25) is 0 Å². The molecule has 1 rings (SSSR count). The van der Waals surface area contributed by atoms with Crippen LogP contribution in [0.5, 0.6) is 0 Å². The maximum Gasteiger partial charge on any atom is 0.224 e. The maximum absolute atomic E-state index is 5.53. The third-order valence-electron chi connectivity index (χ3n) is 1.98. The third-order valence-corrected chi connectivity index (χ3v) is 1.98. The van der Waals surface area contributed by atoms with Crippen molar-refractivity contribution in [1.29, 1.82) is 0 Å². The molecule has 1 aromatic rings. The topological polar surface area (TPSA) is 73.1 Å². The van der Waals surface area contributed by atoms with E-state index in [1.165, 1.54) is 0 Å². The number of nitrogens with zero attached hydrogens (tertiary/aromatic N) is 2. The second-order valence-electron chi connectivity index (χ2n) is 3.86. The van der Waals surface area contributed by atoms with Gasteiger partial charge in [0.25, 0.3) is 0 Å². The second kappa shape index (κ2) is 7.00. The number of nitrogens with two attached hydrogens (primary N) is 1. The summed E-state index contributed by atoms with van der Waals surface area (Å²) in [5.74, 6) is 1.07. The summed E-state index contributed by atoms with van der Waals surface area (Å²) in [7, 11) is 0. The lowest BCUT2D eigenvalue weighted by Gasteiger charge is -2.07. The van der Waals surface area contributed by atoms with Crippen LogP contribution in [0.1, 0.15) is 26.7 Å². The number of nitrogen functional groups attached to an aromatic ring is 1. The summed E-state index contributed by atoms with van der Waals surface area (Å²) in [5.41, 5.74) is 5.53. The molecule has 16 heavy (non-hydrogen) atoms. The van der Waals surface area contributed by atoms with Gasteiger partial charge in [-0.2, -0.15) is 4.98 Å². The molecule has 0 amide bonds. The van der Waals surface area contributed by atoms with Gasteiger partial charge in [-0.15, -0.1) is 0 Å². The Morgan fingerprint density at radius 2 is 2.25 bits per heavy atom. The zero-order valence-electron chi connectivity index (χ0n) is 9.94. The standard InChI is InChI=1S/C11H20N4O/c1-9(2)16-8-4-3-6-13-11-14-7-5-10(12)15-11/h5,7,9H,3-4,6,8H2,1-2H3,(H3,12,13,14,15). The molecule has 5 nitrogen and oxygen atoms in total. The van der Waals surface area contributed by atoms with Gasteiger partial charge in [-0.1, -0.05) is 0 Å². The van der Waals surface area contributed by atoms with Crippen molar-refractivity contribution in [2.24, 2.45) is 0 Å². The molecule has 0 spiro atoms. The highest BCUT2D eigenvalue weighted by molar-refractivity contribution is 5.34. The summed E-state index contributed by atoms with van der Waals surface area (Å²) in [6, 6.07) is 1.67. The van der Waals surface area contributed by atoms with Crippen molar-refractivity contribution in [3.63, 3.8) is 0 Å². The minimum atomic E-state index is 0.310. The first kappa shape index (κ1) is 12.7. The van der Waals surface area contributed by atoms with Crippen LogP contribution in [0.15, 0.2) is 12.3 Å². The number of unbranched alkanes of at least 4 members (excludes halogenated alkanes) is 1. The minimum Gasteiger partial charge on any atom is -0.384 e. The van der Waals surface area contributed by atoms with E-state index in [-0.39, 0.29) is 0 Å². The molecule has 1 heterocycles. The highest BCUT2D eigenvalue weighted by atomic mass is 16.5. The van der Waals surface area contributed by atoms with Gasteiger partial charge in [0, 0.05) is 19.3 Å². The molecule has 0 saturated heterocycles. The fraction of sp³-hybridized carbons (Fsp3) is 0.636. The van der Waals surface area contributed by atoms with Crippen molar-refractivity contribution in [3.05, 3.63) is 12.3 Å². The first-order chi connectivity index (χ1) is 7.68. The van der Waals surface area contributed by atoms with Gasteiger partial charge in [0.15, 0.2) is 0 Å². The minimum absolute atomic E-state index is 0.310. The molecule has 0 aromatic carbocycles. The Bertz CT molecular complexity index is 304. The molecule has 0 bridgehead atoms. The van der Waals surface area contributed by atoms with E-state index < -0.39 is 0 Å². The molecule has 0 atom stereocenters. The summed E-state index contributed by atoms with van der Waals surface area (Å²) in [5, 5.41) is 3.12. The summed E-state index contributed by atoms with van der Waals surface area (Å²) in [4.78, 5) is 8.10. The first-order valence-electron chi connectivity index (χ1n) is 5.62. The molecular formula is C11H20N4O. The van der Waals surface area contributed by atoms with Crippen LogP contribution in [0.3, 0.4) is 0 Å². The molecule has 0 fully saturated rings. The van der Waals surface area contributed by atoms with E-state index in [2.05, 4.69) is 15.3 Å². The van der Waals surface area contributed by atoms with Gasteiger partial charge >= 0.3 is 0 Å². The second-order valence-corrected chi connectivity index (χ2v) is 3.86. The predicted molar refractivity (Wildman–Crippen MR) is 65.3 cm³/mol. The summed E-state index contributed by atoms with van der Waals surface area (Å²) in [6.45, 7) is 5.72. The van der Waals surface area contributed by atoms with Crippen LogP contribution in [0.4, 0.5) is 11.8 Å². The SMILES string of the molecule is CC(C)OCCCCNc1nccc(N)n1. The lowest BCUT2D eigenvalue weighted by Crippen LogP contribution is -2.09. The molecule has 3 N–H and O–H groups in total. The highest BCUT2D eigenvalue weighted by Gasteiger charge is 1.96. The van der Waals surface area contributed by atoms with Gasteiger partial charge in [-0.25, -0.2) is 4.98 Å². The van der Waals surface area contributed by atoms with E-state index >= 15 is 0 Å². The van der Waals surface area contributed by atoms with E-state index in [9.17, 15) is 0 Å². The van der Waals surface area contributed by atoms with Crippen molar-refractivity contribution >= 4 is 11.8 Å². The van der Waals surface area contributed by atoms with Crippen LogP contribution in [0.25, 0.3) is 0 Å². The van der Waals surface area contributed by atoms with Crippen LogP contribution >= 0.6 is 0 Å². The largest absolute Gasteiger partial charge is 0.384 e. The van der Waals surface area contributed by atoms with E-state index in [1.807, 2.05) is 13.8 Å². The van der Waals surface area contributed by atoms with Crippen LogP contribution in [0, 0.1) is 0 Å². The Labute approximate surface area is 96.4 Å². The van der Waals surface area contributed by atoms with Gasteiger partial charge in [0.05, 0.1) is 6.10 Å². The van der Waals surface area contributed by atoms with Crippen molar-refractivity contribution in [1.82, 2.24) is 9.97 Å². The van der Waals surface area contributed by atoms with E-state index in [0.29, 0.717) is 17.9 Å². The first-order valence-corrected chi connectivity index (χ1v) is 5.62. The number of anilines is 2. The Morgan fingerprint density at radius 1 is 1.44 bits per heavy atom. The predicted octanol–water partition coefficient (Wildman–Crippen LogP) is 1.68. The fourth-order valence-corrected chi connectivity index (χ4v) is 1.20. The molecule has 0 unspecified atom stereocenters. The summed E-state index contributed by atoms with van der Waals surface area (Å²) >= 11 is 0. The van der Waals surface area contributed by atoms with E-state index in [4.69, 9.17) is 10.5 Å². The monoisotopic (exact) mass is 224 g/mol. The van der Waals surface area contributed by atoms with Gasteiger partial charge in [-0.3, -0.25) is 0 Å². The van der Waals surface area contributed by atoms with E-state index in [1.54, 1.807) is 12.3 Å². The zero-order chi connectivity index (χ0) is 11.8. The van der Waals surface area contributed by atoms with Gasteiger partial charge in [0.1, 0.15) is 5.82 Å². The third kappa shape index (κ3) is 5.50. The molecule has 0 saturated carbocycles. The smallest absolute Gasteiger partial charge is 0.224 e. The Hall–Kier alpha value is -1.36. The number of hydrogen-bond acceptors (Lipinski definition) is 5. The highest BCUT2D eigenvalue weighted by Crippen LogP contribution is 2.01. The number of rotatable bonds is 7. The normalized spacial score (nSPS) is 10.7. The summed E-state index contributed by atoms with van der Waals surface area (Å²) in [6.07, 6.45) is 4.02. The van der Waals surface area contributed by atoms with Crippen LogP contribution in [-0.4, -0.2) is 29.2 Å². The fourth-order valence-electron chi connectivity index (χ4n) is 1.20. The molecule has 0 aliphatic rings. The molecule has 90 valence electrons. The Kier molecular flexibility index (Phi) is 5.56. The lowest BCUT2D eigenvalue weighted by molar-refractivity contribution is 0.0765. The molecule has 1 aromatic heterocycles.